The average Bonchev–Trinajstić information content (AvgIpc) is 2.57. The lowest BCUT2D eigenvalue weighted by molar-refractivity contribution is -0.171. The number of imide groups is 1. The van der Waals surface area contributed by atoms with Crippen LogP contribution in [0, 0.1) is 5.92 Å². The summed E-state index contributed by atoms with van der Waals surface area (Å²) in [5, 5.41) is 9.03. The van der Waals surface area contributed by atoms with Crippen molar-refractivity contribution in [2.45, 2.75) is 6.42 Å². The van der Waals surface area contributed by atoms with Gasteiger partial charge in [-0.25, -0.2) is 0 Å². The van der Waals surface area contributed by atoms with Gasteiger partial charge >= 0.3 is 0 Å². The molecule has 1 heterocycles. The largest absolute Gasteiger partial charge is 0.293 e. The van der Waals surface area contributed by atoms with Gasteiger partial charge in [0.15, 0.2) is 5.78 Å². The number of ketones is 1. The molecule has 0 spiro atoms. The number of amides is 2. The number of nitrogens with zero attached hydrogens (tertiary/aromatic N) is 1. The van der Waals surface area contributed by atoms with Gasteiger partial charge in [-0.3, -0.25) is 19.6 Å². The van der Waals surface area contributed by atoms with Gasteiger partial charge in [0, 0.05) is 12.0 Å². The van der Waals surface area contributed by atoms with Crippen LogP contribution in [0.1, 0.15) is 16.8 Å². The van der Waals surface area contributed by atoms with Gasteiger partial charge in [0.05, 0.1) is 0 Å². The van der Waals surface area contributed by atoms with Gasteiger partial charge in [-0.15, -0.1) is 0 Å². The van der Waals surface area contributed by atoms with E-state index in [9.17, 15) is 14.4 Å². The van der Waals surface area contributed by atoms with E-state index in [4.69, 9.17) is 5.21 Å². The second-order valence-electron chi connectivity index (χ2n) is 3.53. The number of rotatable bonds is 2. The Kier molecular flexibility index (Phi) is 2.54. The monoisotopic (exact) mass is 219 g/mol. The van der Waals surface area contributed by atoms with Gasteiger partial charge in [0.2, 0.25) is 0 Å². The van der Waals surface area contributed by atoms with Crippen molar-refractivity contribution in [1.29, 1.82) is 0 Å². The summed E-state index contributed by atoms with van der Waals surface area (Å²) in [7, 11) is 0. The van der Waals surface area contributed by atoms with Crippen LogP contribution in [0.15, 0.2) is 30.3 Å². The van der Waals surface area contributed by atoms with Gasteiger partial charge < -0.3 is 0 Å². The van der Waals surface area contributed by atoms with Crippen LogP contribution in [0.5, 0.6) is 0 Å². The second kappa shape index (κ2) is 3.86. The molecule has 16 heavy (non-hydrogen) atoms. The first-order valence-corrected chi connectivity index (χ1v) is 4.76. The van der Waals surface area contributed by atoms with Crippen LogP contribution in [-0.2, 0) is 9.59 Å². The lowest BCUT2D eigenvalue weighted by Gasteiger charge is -2.06. The Labute approximate surface area is 91.2 Å². The standard InChI is InChI=1S/C11H9NO4/c13-9-6-8(11(15)12(9)16)10(14)7-4-2-1-3-5-7/h1-5,8,16H,6H2. The van der Waals surface area contributed by atoms with Crippen LogP contribution in [0.2, 0.25) is 0 Å². The quantitative estimate of drug-likeness (QED) is 0.342. The molecule has 1 aromatic rings. The number of carbonyl (C=O) groups is 3. The fraction of sp³-hybridized carbons (Fsp3) is 0.182. The maximum Gasteiger partial charge on any atom is 0.264 e. The predicted molar refractivity (Wildman–Crippen MR) is 52.5 cm³/mol. The van der Waals surface area contributed by atoms with Crippen molar-refractivity contribution >= 4 is 17.6 Å². The molecule has 2 amide bonds. The summed E-state index contributed by atoms with van der Waals surface area (Å²) < 4.78 is 0. The number of benzene rings is 1. The lowest BCUT2D eigenvalue weighted by Crippen LogP contribution is -2.29. The molecule has 1 saturated heterocycles. The molecule has 1 aromatic carbocycles. The van der Waals surface area contributed by atoms with Crippen molar-refractivity contribution < 1.29 is 19.6 Å². The zero-order chi connectivity index (χ0) is 11.7. The van der Waals surface area contributed by atoms with Crippen LogP contribution in [0.3, 0.4) is 0 Å². The first-order valence-electron chi connectivity index (χ1n) is 4.76. The Hall–Kier alpha value is -2.01. The molecule has 2 rings (SSSR count). The molecule has 0 aromatic heterocycles. The Balaban J connectivity index is 2.25. The van der Waals surface area contributed by atoms with Crippen LogP contribution >= 0.6 is 0 Å². The summed E-state index contributed by atoms with van der Waals surface area (Å²) in [5.41, 5.74) is 0.365. The van der Waals surface area contributed by atoms with E-state index >= 15 is 0 Å². The van der Waals surface area contributed by atoms with E-state index in [-0.39, 0.29) is 11.5 Å². The van der Waals surface area contributed by atoms with Crippen LogP contribution in [-0.4, -0.2) is 27.9 Å². The van der Waals surface area contributed by atoms with Gasteiger partial charge in [-0.05, 0) is 0 Å². The van der Waals surface area contributed by atoms with Crippen LogP contribution in [0.25, 0.3) is 0 Å². The Morgan fingerprint density at radius 3 is 2.38 bits per heavy atom. The summed E-state index contributed by atoms with van der Waals surface area (Å²) in [6.07, 6.45) is -0.261. The fourth-order valence-corrected chi connectivity index (χ4v) is 1.63. The van der Waals surface area contributed by atoms with Crippen molar-refractivity contribution in [3.63, 3.8) is 0 Å². The minimum atomic E-state index is -1.08. The highest BCUT2D eigenvalue weighted by atomic mass is 16.5. The van der Waals surface area contributed by atoms with Crippen molar-refractivity contribution in [2.75, 3.05) is 0 Å². The third-order valence-electron chi connectivity index (χ3n) is 2.50. The number of hydrogen-bond donors (Lipinski definition) is 1. The van der Waals surface area contributed by atoms with Crippen LogP contribution < -0.4 is 0 Å². The highest BCUT2D eigenvalue weighted by Gasteiger charge is 2.42. The number of hydrogen-bond acceptors (Lipinski definition) is 4. The van der Waals surface area contributed by atoms with Crippen molar-refractivity contribution in [3.8, 4) is 0 Å². The zero-order valence-corrected chi connectivity index (χ0v) is 8.29. The molecule has 1 atom stereocenters. The van der Waals surface area contributed by atoms with Crippen molar-refractivity contribution in [1.82, 2.24) is 5.06 Å². The minimum absolute atomic E-state index is 0.0194. The third kappa shape index (κ3) is 1.61. The van der Waals surface area contributed by atoms with E-state index in [1.807, 2.05) is 0 Å². The van der Waals surface area contributed by atoms with E-state index < -0.39 is 23.5 Å². The SMILES string of the molecule is O=C(c1ccccc1)C1CC(=O)N(O)C1=O. The molecular weight excluding hydrogens is 210 g/mol. The normalized spacial score (nSPS) is 20.3. The van der Waals surface area contributed by atoms with Crippen molar-refractivity contribution in [2.24, 2.45) is 5.92 Å². The maximum absolute atomic E-state index is 11.8. The third-order valence-corrected chi connectivity index (χ3v) is 2.50. The molecular formula is C11H9NO4. The van der Waals surface area contributed by atoms with E-state index in [2.05, 4.69) is 0 Å². The van der Waals surface area contributed by atoms with Crippen molar-refractivity contribution in [3.05, 3.63) is 35.9 Å². The predicted octanol–water partition coefficient (Wildman–Crippen LogP) is 0.634. The van der Waals surface area contributed by atoms with Crippen LogP contribution in [0.4, 0.5) is 0 Å². The topological polar surface area (TPSA) is 74.7 Å². The highest BCUT2D eigenvalue weighted by Crippen LogP contribution is 2.21. The average molecular weight is 219 g/mol. The first kappa shape index (κ1) is 10.5. The Morgan fingerprint density at radius 1 is 1.25 bits per heavy atom. The molecule has 1 N–H and O–H groups in total. The van der Waals surface area contributed by atoms with Gasteiger partial charge in [0.25, 0.3) is 11.8 Å². The smallest absolute Gasteiger partial charge is 0.264 e. The van der Waals surface area contributed by atoms with Gasteiger partial charge in [0.1, 0.15) is 5.92 Å². The zero-order valence-electron chi connectivity index (χ0n) is 8.29. The summed E-state index contributed by atoms with van der Waals surface area (Å²) in [5.74, 6) is -3.10. The van der Waals surface area contributed by atoms with E-state index in [0.717, 1.165) is 0 Å². The molecule has 0 aliphatic carbocycles. The van der Waals surface area contributed by atoms with E-state index in [0.29, 0.717) is 5.56 Å². The summed E-state index contributed by atoms with van der Waals surface area (Å²) >= 11 is 0. The molecule has 0 bridgehead atoms. The molecule has 82 valence electrons. The molecule has 5 nitrogen and oxygen atoms in total. The molecule has 5 heteroatoms. The Morgan fingerprint density at radius 2 is 1.88 bits per heavy atom. The van der Waals surface area contributed by atoms with E-state index in [1.54, 1.807) is 30.3 Å². The molecule has 1 fully saturated rings. The summed E-state index contributed by atoms with van der Waals surface area (Å²) in [6, 6.07) is 8.23. The number of carbonyl (C=O) groups excluding carboxylic acids is 3. The molecule has 1 aliphatic heterocycles. The van der Waals surface area contributed by atoms with Gasteiger partial charge in [-0.1, -0.05) is 30.3 Å². The fourth-order valence-electron chi connectivity index (χ4n) is 1.63. The molecule has 1 unspecified atom stereocenters. The molecule has 0 saturated carbocycles. The number of Topliss-reactive ketones (excluding diaryl/α,β-unsaturated/α-hetero) is 1. The molecule has 1 aliphatic rings. The maximum atomic E-state index is 11.8. The minimum Gasteiger partial charge on any atom is -0.293 e. The lowest BCUT2D eigenvalue weighted by atomic mass is 9.96. The summed E-state index contributed by atoms with van der Waals surface area (Å²) in [6.45, 7) is 0. The highest BCUT2D eigenvalue weighted by molar-refractivity contribution is 6.17. The number of hydroxylamine groups is 2. The van der Waals surface area contributed by atoms with Gasteiger partial charge in [-0.2, -0.15) is 5.06 Å². The molecule has 0 radical (unpaired) electrons. The summed E-state index contributed by atoms with van der Waals surface area (Å²) in [4.78, 5) is 34.2. The second-order valence-corrected chi connectivity index (χ2v) is 3.53. The Bertz CT molecular complexity index is 454. The first-order chi connectivity index (χ1) is 7.61. The van der Waals surface area contributed by atoms with E-state index in [1.165, 1.54) is 0 Å².